The summed E-state index contributed by atoms with van der Waals surface area (Å²) >= 11 is 0. The molecule has 0 saturated carbocycles. The maximum atomic E-state index is 11.6. The van der Waals surface area contributed by atoms with Gasteiger partial charge in [0.25, 0.3) is 5.91 Å². The minimum absolute atomic E-state index is 0.171. The van der Waals surface area contributed by atoms with Crippen LogP contribution in [-0.4, -0.2) is 23.2 Å². The standard InChI is InChI=1S/C12H15NO3/c1-12(2,15)11(14)13-9-7-16-10-6-4-3-5-8(9)10/h3-6,9,15H,7H2,1-2H3,(H,13,14). The topological polar surface area (TPSA) is 58.6 Å². The summed E-state index contributed by atoms with van der Waals surface area (Å²) in [5.74, 6) is 0.404. The van der Waals surface area contributed by atoms with Crippen LogP contribution in [0.2, 0.25) is 0 Å². The van der Waals surface area contributed by atoms with Crippen LogP contribution in [-0.2, 0) is 4.79 Å². The molecule has 4 nitrogen and oxygen atoms in total. The highest BCUT2D eigenvalue weighted by Gasteiger charge is 2.30. The molecular weight excluding hydrogens is 206 g/mol. The third kappa shape index (κ3) is 2.02. The zero-order chi connectivity index (χ0) is 11.8. The Balaban J connectivity index is 2.12. The van der Waals surface area contributed by atoms with Crippen molar-refractivity contribution >= 4 is 5.91 Å². The lowest BCUT2D eigenvalue weighted by Crippen LogP contribution is -2.43. The SMILES string of the molecule is CC(C)(O)C(=O)NC1COc2ccccc21. The molecule has 1 heterocycles. The molecule has 1 aliphatic heterocycles. The van der Waals surface area contributed by atoms with Gasteiger partial charge in [0.15, 0.2) is 0 Å². The number of hydrogen-bond acceptors (Lipinski definition) is 3. The first-order chi connectivity index (χ1) is 7.48. The van der Waals surface area contributed by atoms with Gasteiger partial charge < -0.3 is 15.2 Å². The molecule has 0 aromatic heterocycles. The molecule has 1 atom stereocenters. The van der Waals surface area contributed by atoms with E-state index >= 15 is 0 Å². The molecule has 0 radical (unpaired) electrons. The summed E-state index contributed by atoms with van der Waals surface area (Å²) in [5, 5.41) is 12.3. The molecule has 1 aliphatic rings. The minimum atomic E-state index is -1.36. The lowest BCUT2D eigenvalue weighted by Gasteiger charge is -2.19. The second-order valence-electron chi connectivity index (χ2n) is 4.43. The van der Waals surface area contributed by atoms with Crippen molar-refractivity contribution in [3.63, 3.8) is 0 Å². The molecule has 0 fully saturated rings. The van der Waals surface area contributed by atoms with Crippen LogP contribution in [0.3, 0.4) is 0 Å². The molecule has 1 amide bonds. The van der Waals surface area contributed by atoms with Gasteiger partial charge in [0.05, 0.1) is 6.04 Å². The molecule has 0 bridgehead atoms. The van der Waals surface area contributed by atoms with E-state index in [0.29, 0.717) is 6.61 Å². The van der Waals surface area contributed by atoms with E-state index in [-0.39, 0.29) is 6.04 Å². The highest BCUT2D eigenvalue weighted by molar-refractivity contribution is 5.84. The second-order valence-corrected chi connectivity index (χ2v) is 4.43. The van der Waals surface area contributed by atoms with E-state index in [1.165, 1.54) is 13.8 Å². The van der Waals surface area contributed by atoms with Crippen LogP contribution < -0.4 is 10.1 Å². The van der Waals surface area contributed by atoms with Crippen LogP contribution in [0.25, 0.3) is 0 Å². The zero-order valence-electron chi connectivity index (χ0n) is 9.36. The summed E-state index contributed by atoms with van der Waals surface area (Å²) in [6.07, 6.45) is 0. The number of amides is 1. The van der Waals surface area contributed by atoms with Gasteiger partial charge in [0.1, 0.15) is 18.0 Å². The Morgan fingerprint density at radius 1 is 1.50 bits per heavy atom. The van der Waals surface area contributed by atoms with Crippen LogP contribution in [0.15, 0.2) is 24.3 Å². The Morgan fingerprint density at radius 3 is 2.88 bits per heavy atom. The van der Waals surface area contributed by atoms with Gasteiger partial charge in [-0.2, -0.15) is 0 Å². The molecule has 1 unspecified atom stereocenters. The van der Waals surface area contributed by atoms with Crippen molar-refractivity contribution in [3.8, 4) is 5.75 Å². The lowest BCUT2D eigenvalue weighted by atomic mass is 10.1. The molecule has 2 N–H and O–H groups in total. The van der Waals surface area contributed by atoms with Crippen molar-refractivity contribution in [3.05, 3.63) is 29.8 Å². The Kier molecular flexibility index (Phi) is 2.59. The number of nitrogens with one attached hydrogen (secondary N) is 1. The number of carbonyl (C=O) groups is 1. The van der Waals surface area contributed by atoms with Gasteiger partial charge in [-0.3, -0.25) is 4.79 Å². The number of rotatable bonds is 2. The van der Waals surface area contributed by atoms with Crippen molar-refractivity contribution in [2.24, 2.45) is 0 Å². The van der Waals surface area contributed by atoms with Gasteiger partial charge in [-0.1, -0.05) is 18.2 Å². The number of fused-ring (bicyclic) bond motifs is 1. The molecule has 0 saturated heterocycles. The van der Waals surface area contributed by atoms with Gasteiger partial charge in [-0.15, -0.1) is 0 Å². The number of hydrogen-bond donors (Lipinski definition) is 2. The Labute approximate surface area is 94.2 Å². The summed E-state index contributed by atoms with van der Waals surface area (Å²) in [7, 11) is 0. The molecule has 16 heavy (non-hydrogen) atoms. The van der Waals surface area contributed by atoms with Gasteiger partial charge in [0.2, 0.25) is 0 Å². The van der Waals surface area contributed by atoms with Crippen molar-refractivity contribution in [1.82, 2.24) is 5.32 Å². The van der Waals surface area contributed by atoms with E-state index in [9.17, 15) is 9.90 Å². The maximum Gasteiger partial charge on any atom is 0.251 e. The Bertz CT molecular complexity index is 409. The highest BCUT2D eigenvalue weighted by atomic mass is 16.5. The first-order valence-electron chi connectivity index (χ1n) is 5.23. The smallest absolute Gasteiger partial charge is 0.251 e. The van der Waals surface area contributed by atoms with Crippen LogP contribution in [0.4, 0.5) is 0 Å². The molecule has 1 aromatic carbocycles. The molecule has 1 aromatic rings. The average Bonchev–Trinajstić information content (AvgIpc) is 2.61. The normalized spacial score (nSPS) is 18.8. The van der Waals surface area contributed by atoms with Gasteiger partial charge in [-0.25, -0.2) is 0 Å². The largest absolute Gasteiger partial charge is 0.491 e. The quantitative estimate of drug-likeness (QED) is 0.783. The number of para-hydroxylation sites is 1. The maximum absolute atomic E-state index is 11.6. The Hall–Kier alpha value is -1.55. The highest BCUT2D eigenvalue weighted by Crippen LogP contribution is 2.31. The van der Waals surface area contributed by atoms with Crippen molar-refractivity contribution in [2.45, 2.75) is 25.5 Å². The molecule has 4 heteroatoms. The third-order valence-electron chi connectivity index (χ3n) is 2.56. The van der Waals surface area contributed by atoms with E-state index in [0.717, 1.165) is 11.3 Å². The van der Waals surface area contributed by atoms with Crippen molar-refractivity contribution in [1.29, 1.82) is 0 Å². The number of carbonyl (C=O) groups excluding carboxylic acids is 1. The molecule has 2 rings (SSSR count). The summed E-state index contributed by atoms with van der Waals surface area (Å²) in [6.45, 7) is 3.34. The van der Waals surface area contributed by atoms with E-state index < -0.39 is 11.5 Å². The summed E-state index contributed by atoms with van der Waals surface area (Å²) in [6, 6.07) is 7.40. The first-order valence-corrected chi connectivity index (χ1v) is 5.23. The zero-order valence-corrected chi connectivity index (χ0v) is 9.36. The van der Waals surface area contributed by atoms with E-state index in [1.54, 1.807) is 0 Å². The predicted octanol–water partition coefficient (Wildman–Crippen LogP) is 1.01. The summed E-state index contributed by atoms with van der Waals surface area (Å²) < 4.78 is 5.43. The number of aliphatic hydroxyl groups is 1. The summed E-state index contributed by atoms with van der Waals surface area (Å²) in [4.78, 5) is 11.6. The van der Waals surface area contributed by atoms with Crippen LogP contribution in [0.1, 0.15) is 25.5 Å². The molecule has 86 valence electrons. The Morgan fingerprint density at radius 2 is 2.19 bits per heavy atom. The first kappa shape index (κ1) is 11.0. The summed E-state index contributed by atoms with van der Waals surface area (Å²) in [5.41, 5.74) is -0.405. The van der Waals surface area contributed by atoms with Gasteiger partial charge >= 0.3 is 0 Å². The second kappa shape index (κ2) is 3.79. The predicted molar refractivity (Wildman–Crippen MR) is 59.1 cm³/mol. The average molecular weight is 221 g/mol. The van der Waals surface area contributed by atoms with E-state index in [4.69, 9.17) is 4.74 Å². The van der Waals surface area contributed by atoms with E-state index in [2.05, 4.69) is 5.32 Å². The molecular formula is C12H15NO3. The lowest BCUT2D eigenvalue weighted by molar-refractivity contribution is -0.137. The van der Waals surface area contributed by atoms with Crippen LogP contribution in [0, 0.1) is 0 Å². The number of benzene rings is 1. The molecule has 0 aliphatic carbocycles. The van der Waals surface area contributed by atoms with Crippen molar-refractivity contribution in [2.75, 3.05) is 6.61 Å². The fourth-order valence-corrected chi connectivity index (χ4v) is 1.62. The molecule has 0 spiro atoms. The van der Waals surface area contributed by atoms with Gasteiger partial charge in [-0.05, 0) is 19.9 Å². The van der Waals surface area contributed by atoms with Crippen molar-refractivity contribution < 1.29 is 14.6 Å². The van der Waals surface area contributed by atoms with E-state index in [1.807, 2.05) is 24.3 Å². The fourth-order valence-electron chi connectivity index (χ4n) is 1.62. The third-order valence-corrected chi connectivity index (χ3v) is 2.56. The van der Waals surface area contributed by atoms with Crippen LogP contribution >= 0.6 is 0 Å². The minimum Gasteiger partial charge on any atom is -0.491 e. The fraction of sp³-hybridized carbons (Fsp3) is 0.417. The van der Waals surface area contributed by atoms with Crippen LogP contribution in [0.5, 0.6) is 5.75 Å². The number of ether oxygens (including phenoxy) is 1. The van der Waals surface area contributed by atoms with Gasteiger partial charge in [0, 0.05) is 5.56 Å². The monoisotopic (exact) mass is 221 g/mol.